The molecule has 6 atom stereocenters. The molecule has 0 spiro atoms. The molecule has 2 saturated heterocycles. The van der Waals surface area contributed by atoms with Crippen LogP contribution in [0.5, 0.6) is 0 Å². The Balaban J connectivity index is 1.25. The molecule has 212 valence electrons. The fraction of sp³-hybridized carbons (Fsp3) is 0.314. The normalized spacial score (nSPS) is 25.3. The Labute approximate surface area is 241 Å². The number of epoxide rings is 1. The van der Waals surface area contributed by atoms with E-state index in [0.29, 0.717) is 33.0 Å². The van der Waals surface area contributed by atoms with Crippen molar-refractivity contribution in [3.63, 3.8) is 0 Å². The van der Waals surface area contributed by atoms with Crippen molar-refractivity contribution in [2.24, 2.45) is 0 Å². The van der Waals surface area contributed by atoms with Gasteiger partial charge in [-0.1, -0.05) is 121 Å². The maximum Gasteiger partial charge on any atom is 0.187 e. The fourth-order valence-corrected chi connectivity index (χ4v) is 5.17. The molecule has 4 aromatic carbocycles. The fourth-order valence-electron chi connectivity index (χ4n) is 5.17. The van der Waals surface area contributed by atoms with Gasteiger partial charge in [-0.15, -0.1) is 0 Å². The predicted octanol–water partition coefficient (Wildman–Crippen LogP) is 6.08. The summed E-state index contributed by atoms with van der Waals surface area (Å²) in [4.78, 5) is 0. The van der Waals surface area contributed by atoms with E-state index in [4.69, 9.17) is 28.4 Å². The monoisotopic (exact) mass is 552 g/mol. The molecule has 0 N–H and O–H groups in total. The minimum absolute atomic E-state index is 0.249. The molecule has 0 bridgehead atoms. The maximum atomic E-state index is 6.68. The standard InChI is InChI=1S/C35H36O6/c1-5-13-26(14-6-1)21-36-25-30-31(37-22-27-15-7-2-8-16-27)32(38-23-28-17-9-3-10-18-28)33(34-35(40-30)41-34)39-24-29-19-11-4-12-20-29/h1-20,30-35H,21-25H2/t30-,31+,32+,33-,34-,35-/m1/s1. The molecule has 6 nitrogen and oxygen atoms in total. The molecule has 6 heteroatoms. The lowest BCUT2D eigenvalue weighted by Crippen LogP contribution is -2.50. The highest BCUT2D eigenvalue weighted by Crippen LogP contribution is 2.39. The molecule has 0 amide bonds. The van der Waals surface area contributed by atoms with Gasteiger partial charge in [0.05, 0.1) is 33.0 Å². The zero-order valence-electron chi connectivity index (χ0n) is 23.0. The third-order valence-electron chi connectivity index (χ3n) is 7.38. The van der Waals surface area contributed by atoms with Gasteiger partial charge in [0.1, 0.15) is 30.5 Å². The lowest BCUT2D eigenvalue weighted by Gasteiger charge is -2.35. The van der Waals surface area contributed by atoms with Crippen molar-refractivity contribution in [1.29, 1.82) is 0 Å². The summed E-state index contributed by atoms with van der Waals surface area (Å²) in [6, 6.07) is 40.6. The van der Waals surface area contributed by atoms with Crippen molar-refractivity contribution >= 4 is 0 Å². The molecule has 0 aromatic heterocycles. The summed E-state index contributed by atoms with van der Waals surface area (Å²) >= 11 is 0. The first-order valence-corrected chi connectivity index (χ1v) is 14.2. The van der Waals surface area contributed by atoms with Gasteiger partial charge in [-0.05, 0) is 22.3 Å². The van der Waals surface area contributed by atoms with Crippen molar-refractivity contribution in [3.8, 4) is 0 Å². The van der Waals surface area contributed by atoms with Gasteiger partial charge in [0.15, 0.2) is 6.29 Å². The van der Waals surface area contributed by atoms with Crippen molar-refractivity contribution < 1.29 is 28.4 Å². The Bertz CT molecular complexity index is 1300. The van der Waals surface area contributed by atoms with Crippen LogP contribution in [0.4, 0.5) is 0 Å². The Morgan fingerprint density at radius 1 is 0.439 bits per heavy atom. The largest absolute Gasteiger partial charge is 0.374 e. The number of hydrogen-bond acceptors (Lipinski definition) is 6. The summed E-state index contributed by atoms with van der Waals surface area (Å²) in [5, 5.41) is 0. The van der Waals surface area contributed by atoms with Crippen LogP contribution < -0.4 is 0 Å². The molecule has 41 heavy (non-hydrogen) atoms. The zero-order chi connectivity index (χ0) is 27.7. The highest BCUT2D eigenvalue weighted by Gasteiger charge is 2.58. The van der Waals surface area contributed by atoms with Crippen molar-refractivity contribution in [2.75, 3.05) is 6.61 Å². The van der Waals surface area contributed by atoms with Crippen molar-refractivity contribution in [1.82, 2.24) is 0 Å². The highest BCUT2D eigenvalue weighted by atomic mass is 16.8. The van der Waals surface area contributed by atoms with E-state index < -0.39 is 24.6 Å². The van der Waals surface area contributed by atoms with Gasteiger partial charge in [0.2, 0.25) is 0 Å². The van der Waals surface area contributed by atoms with E-state index in [1.54, 1.807) is 0 Å². The molecule has 4 aromatic rings. The molecular weight excluding hydrogens is 516 g/mol. The summed E-state index contributed by atoms with van der Waals surface area (Å²) in [5.74, 6) is 0. The average molecular weight is 553 g/mol. The third-order valence-corrected chi connectivity index (χ3v) is 7.38. The number of benzene rings is 4. The topological polar surface area (TPSA) is 58.7 Å². The smallest absolute Gasteiger partial charge is 0.187 e. The van der Waals surface area contributed by atoms with Crippen LogP contribution in [-0.2, 0) is 54.8 Å². The van der Waals surface area contributed by atoms with Crippen molar-refractivity contribution in [3.05, 3.63) is 144 Å². The first-order valence-electron chi connectivity index (χ1n) is 14.2. The second kappa shape index (κ2) is 14.0. The van der Waals surface area contributed by atoms with Crippen LogP contribution in [0.2, 0.25) is 0 Å². The Kier molecular flexibility index (Phi) is 9.50. The third kappa shape index (κ3) is 7.68. The van der Waals surface area contributed by atoms with E-state index in [9.17, 15) is 0 Å². The number of ether oxygens (including phenoxy) is 6. The van der Waals surface area contributed by atoms with Crippen LogP contribution >= 0.6 is 0 Å². The predicted molar refractivity (Wildman–Crippen MR) is 155 cm³/mol. The summed E-state index contributed by atoms with van der Waals surface area (Å²) in [7, 11) is 0. The van der Waals surface area contributed by atoms with E-state index in [-0.39, 0.29) is 12.2 Å². The van der Waals surface area contributed by atoms with E-state index in [0.717, 1.165) is 22.3 Å². The van der Waals surface area contributed by atoms with Crippen molar-refractivity contribution in [2.45, 2.75) is 63.2 Å². The molecule has 6 rings (SSSR count). The van der Waals surface area contributed by atoms with E-state index in [1.165, 1.54) is 0 Å². The molecule has 0 aliphatic carbocycles. The van der Waals surface area contributed by atoms with Gasteiger partial charge < -0.3 is 28.4 Å². The van der Waals surface area contributed by atoms with E-state index in [2.05, 4.69) is 48.5 Å². The molecule has 2 heterocycles. The van der Waals surface area contributed by atoms with Crippen LogP contribution in [0.1, 0.15) is 22.3 Å². The second-order valence-corrected chi connectivity index (χ2v) is 10.4. The Hall–Kier alpha value is -3.36. The molecule has 2 fully saturated rings. The lowest BCUT2D eigenvalue weighted by molar-refractivity contribution is -0.200. The maximum absolute atomic E-state index is 6.68. The number of rotatable bonds is 13. The van der Waals surface area contributed by atoms with E-state index in [1.807, 2.05) is 72.8 Å². The molecule has 0 unspecified atom stereocenters. The minimum atomic E-state index is -0.453. The van der Waals surface area contributed by atoms with Crippen LogP contribution in [0.25, 0.3) is 0 Å². The lowest BCUT2D eigenvalue weighted by atomic mass is 10.0. The Morgan fingerprint density at radius 2 is 0.854 bits per heavy atom. The average Bonchev–Trinajstić information content (AvgIpc) is 3.81. The quantitative estimate of drug-likeness (QED) is 0.187. The van der Waals surface area contributed by atoms with Gasteiger partial charge in [-0.3, -0.25) is 0 Å². The second-order valence-electron chi connectivity index (χ2n) is 10.4. The van der Waals surface area contributed by atoms with Gasteiger partial charge >= 0.3 is 0 Å². The first-order chi connectivity index (χ1) is 20.3. The van der Waals surface area contributed by atoms with Crippen LogP contribution in [0.3, 0.4) is 0 Å². The zero-order valence-corrected chi connectivity index (χ0v) is 23.0. The molecule has 0 radical (unpaired) electrons. The Morgan fingerprint density at radius 3 is 1.34 bits per heavy atom. The molecule has 0 saturated carbocycles. The molecule has 2 aliphatic rings. The molecule has 2 aliphatic heterocycles. The number of hydrogen-bond donors (Lipinski definition) is 0. The number of fused-ring (bicyclic) bond motifs is 1. The SMILES string of the molecule is c1ccc(COC[C@H]2O[C@@H]3O[C@@H]3[C@H](OCc3ccccc3)[C@@H](OCc3ccccc3)[C@H]2OCc2ccccc2)cc1. The summed E-state index contributed by atoms with van der Waals surface area (Å²) in [6.07, 6.45) is -2.35. The highest BCUT2D eigenvalue weighted by molar-refractivity contribution is 5.16. The van der Waals surface area contributed by atoms with Gasteiger partial charge in [0.25, 0.3) is 0 Å². The molecular formula is C35H36O6. The van der Waals surface area contributed by atoms with Gasteiger partial charge in [0, 0.05) is 0 Å². The van der Waals surface area contributed by atoms with Gasteiger partial charge in [-0.25, -0.2) is 0 Å². The van der Waals surface area contributed by atoms with Crippen LogP contribution in [0.15, 0.2) is 121 Å². The van der Waals surface area contributed by atoms with Gasteiger partial charge in [-0.2, -0.15) is 0 Å². The van der Waals surface area contributed by atoms with Crippen LogP contribution in [-0.4, -0.2) is 43.4 Å². The van der Waals surface area contributed by atoms with Crippen LogP contribution in [0, 0.1) is 0 Å². The first kappa shape index (κ1) is 27.8. The summed E-state index contributed by atoms with van der Waals surface area (Å²) in [5.41, 5.74) is 4.34. The minimum Gasteiger partial charge on any atom is -0.374 e. The summed E-state index contributed by atoms with van der Waals surface area (Å²) in [6.45, 7) is 2.07. The summed E-state index contributed by atoms with van der Waals surface area (Å²) < 4.78 is 38.5. The van der Waals surface area contributed by atoms with E-state index >= 15 is 0 Å².